The highest BCUT2D eigenvalue weighted by molar-refractivity contribution is 7.22. The van der Waals surface area contributed by atoms with Gasteiger partial charge >= 0.3 is 0 Å². The van der Waals surface area contributed by atoms with E-state index in [0.717, 1.165) is 37.9 Å². The van der Waals surface area contributed by atoms with Crippen LogP contribution < -0.4 is 9.64 Å². The lowest BCUT2D eigenvalue weighted by molar-refractivity contribution is -0.118. The maximum atomic E-state index is 13.7. The highest BCUT2D eigenvalue weighted by Crippen LogP contribution is 2.35. The Morgan fingerprint density at radius 2 is 1.67 bits per heavy atom. The minimum Gasteiger partial charge on any atom is -0.492 e. The van der Waals surface area contributed by atoms with Crippen molar-refractivity contribution in [2.24, 2.45) is 0 Å². The molecule has 0 atom stereocenters. The fraction of sp³-hybridized carbons (Fsp3) is 0.143. The van der Waals surface area contributed by atoms with Crippen molar-refractivity contribution in [1.82, 2.24) is 4.98 Å². The minimum atomic E-state index is 0.0206. The molecule has 5 heteroatoms. The number of nitrogens with zero attached hydrogens (tertiary/aromatic N) is 2. The van der Waals surface area contributed by atoms with E-state index in [1.165, 1.54) is 11.3 Å². The van der Waals surface area contributed by atoms with Crippen LogP contribution >= 0.6 is 11.3 Å². The van der Waals surface area contributed by atoms with Gasteiger partial charge in [-0.05, 0) is 41.0 Å². The number of para-hydroxylation sites is 1. The molecule has 5 rings (SSSR count). The maximum absolute atomic E-state index is 13.7. The van der Waals surface area contributed by atoms with Crippen LogP contribution in [0, 0.1) is 0 Å². The molecule has 164 valence electrons. The van der Waals surface area contributed by atoms with Gasteiger partial charge in [0.15, 0.2) is 5.13 Å². The molecule has 1 aromatic heterocycles. The lowest BCUT2D eigenvalue weighted by Crippen LogP contribution is -2.31. The second-order valence-electron chi connectivity index (χ2n) is 7.81. The van der Waals surface area contributed by atoms with Gasteiger partial charge in [0.1, 0.15) is 11.3 Å². The minimum absolute atomic E-state index is 0.0206. The Hall–Kier alpha value is -3.70. The molecule has 1 heterocycles. The van der Waals surface area contributed by atoms with Crippen LogP contribution in [0.1, 0.15) is 18.1 Å². The third-order valence-electron chi connectivity index (χ3n) is 5.61. The van der Waals surface area contributed by atoms with Crippen LogP contribution in [0.2, 0.25) is 0 Å². The molecule has 0 saturated carbocycles. The molecule has 0 unspecified atom stereocenters. The molecule has 0 aliphatic heterocycles. The summed E-state index contributed by atoms with van der Waals surface area (Å²) in [5, 5.41) is 2.93. The molecule has 0 fully saturated rings. The smallest absolute Gasteiger partial charge is 0.233 e. The summed E-state index contributed by atoms with van der Waals surface area (Å²) in [5.41, 5.74) is 2.88. The van der Waals surface area contributed by atoms with Gasteiger partial charge < -0.3 is 4.74 Å². The Balaban J connectivity index is 1.54. The number of anilines is 1. The number of rotatable bonds is 7. The molecular weight excluding hydrogens is 428 g/mol. The summed E-state index contributed by atoms with van der Waals surface area (Å²) in [7, 11) is 0. The summed E-state index contributed by atoms with van der Waals surface area (Å²) in [5.74, 6) is 0.769. The van der Waals surface area contributed by atoms with Gasteiger partial charge in [-0.25, -0.2) is 4.98 Å². The zero-order chi connectivity index (χ0) is 22.6. The number of fused-ring (bicyclic) bond motifs is 2. The number of benzene rings is 4. The Morgan fingerprint density at radius 3 is 2.52 bits per heavy atom. The van der Waals surface area contributed by atoms with Gasteiger partial charge in [-0.3, -0.25) is 9.69 Å². The molecule has 0 radical (unpaired) electrons. The highest BCUT2D eigenvalue weighted by Gasteiger charge is 2.22. The van der Waals surface area contributed by atoms with Gasteiger partial charge in [-0.15, -0.1) is 0 Å². The standard InChI is InChI=1S/C28H24N2O2S/c1-2-32-24-16-9-17-25-27(24)29-28(33-25)30(19-20-10-4-3-5-11-20)26(31)18-22-14-8-13-21-12-6-7-15-23(21)22/h3-17H,2,18-19H2,1H3. The van der Waals surface area contributed by atoms with Crippen molar-refractivity contribution >= 4 is 43.4 Å². The van der Waals surface area contributed by atoms with E-state index in [4.69, 9.17) is 9.72 Å². The summed E-state index contributed by atoms with van der Waals surface area (Å²) in [6, 6.07) is 30.3. The van der Waals surface area contributed by atoms with E-state index < -0.39 is 0 Å². The largest absolute Gasteiger partial charge is 0.492 e. The van der Waals surface area contributed by atoms with Gasteiger partial charge in [0.2, 0.25) is 5.91 Å². The molecule has 0 aliphatic carbocycles. The van der Waals surface area contributed by atoms with E-state index in [1.807, 2.05) is 79.7 Å². The van der Waals surface area contributed by atoms with Crippen LogP contribution in [0.25, 0.3) is 21.0 Å². The van der Waals surface area contributed by atoms with E-state index in [2.05, 4.69) is 18.2 Å². The molecular formula is C28H24N2O2S. The van der Waals surface area contributed by atoms with Crippen LogP contribution in [-0.2, 0) is 17.8 Å². The zero-order valence-corrected chi connectivity index (χ0v) is 19.2. The van der Waals surface area contributed by atoms with Crippen molar-refractivity contribution in [3.8, 4) is 5.75 Å². The monoisotopic (exact) mass is 452 g/mol. The van der Waals surface area contributed by atoms with E-state index in [0.29, 0.717) is 24.7 Å². The normalized spacial score (nSPS) is 11.1. The summed E-state index contributed by atoms with van der Waals surface area (Å²) < 4.78 is 6.78. The van der Waals surface area contributed by atoms with Crippen LogP contribution in [0.15, 0.2) is 91.0 Å². The molecule has 1 amide bonds. The van der Waals surface area contributed by atoms with Crippen LogP contribution in [0.5, 0.6) is 5.75 Å². The predicted octanol–water partition coefficient (Wildman–Crippen LogP) is 6.62. The van der Waals surface area contributed by atoms with E-state index >= 15 is 0 Å². The second kappa shape index (κ2) is 9.43. The molecule has 0 aliphatic rings. The van der Waals surface area contributed by atoms with Crippen LogP contribution in [0.3, 0.4) is 0 Å². The summed E-state index contributed by atoms with van der Waals surface area (Å²) >= 11 is 1.52. The van der Waals surface area contributed by atoms with Gasteiger partial charge in [-0.2, -0.15) is 0 Å². The topological polar surface area (TPSA) is 42.4 Å². The zero-order valence-electron chi connectivity index (χ0n) is 18.4. The van der Waals surface area contributed by atoms with Crippen molar-refractivity contribution in [2.75, 3.05) is 11.5 Å². The lowest BCUT2D eigenvalue weighted by atomic mass is 10.0. The van der Waals surface area contributed by atoms with Crippen LogP contribution in [0.4, 0.5) is 5.13 Å². The first-order valence-corrected chi connectivity index (χ1v) is 11.9. The highest BCUT2D eigenvalue weighted by atomic mass is 32.1. The van der Waals surface area contributed by atoms with E-state index in [-0.39, 0.29) is 5.91 Å². The molecule has 0 bridgehead atoms. The molecule has 5 aromatic rings. The Bertz CT molecular complexity index is 1410. The maximum Gasteiger partial charge on any atom is 0.233 e. The third-order valence-corrected chi connectivity index (χ3v) is 6.65. The quantitative estimate of drug-likeness (QED) is 0.278. The van der Waals surface area contributed by atoms with Gasteiger partial charge in [0, 0.05) is 0 Å². The summed E-state index contributed by atoms with van der Waals surface area (Å²) in [6.45, 7) is 3.00. The van der Waals surface area contributed by atoms with Gasteiger partial charge in [0.25, 0.3) is 0 Å². The van der Waals surface area contributed by atoms with Crippen LogP contribution in [-0.4, -0.2) is 17.5 Å². The average Bonchev–Trinajstić information content (AvgIpc) is 3.28. The Kier molecular flexibility index (Phi) is 6.05. The Morgan fingerprint density at radius 1 is 0.909 bits per heavy atom. The Labute approximate surface area is 197 Å². The summed E-state index contributed by atoms with van der Waals surface area (Å²) in [4.78, 5) is 20.4. The number of thiazole rings is 1. The average molecular weight is 453 g/mol. The predicted molar refractivity (Wildman–Crippen MR) is 136 cm³/mol. The lowest BCUT2D eigenvalue weighted by Gasteiger charge is -2.20. The van der Waals surface area contributed by atoms with Crippen molar-refractivity contribution in [1.29, 1.82) is 0 Å². The molecule has 0 N–H and O–H groups in total. The molecule has 0 spiro atoms. The van der Waals surface area contributed by atoms with Crippen molar-refractivity contribution in [2.45, 2.75) is 19.9 Å². The molecule has 4 aromatic carbocycles. The van der Waals surface area contributed by atoms with E-state index in [9.17, 15) is 4.79 Å². The first-order chi connectivity index (χ1) is 16.2. The fourth-order valence-corrected chi connectivity index (χ4v) is 5.03. The summed E-state index contributed by atoms with van der Waals surface area (Å²) in [6.07, 6.45) is 0.308. The first-order valence-electron chi connectivity index (χ1n) is 11.1. The number of hydrogen-bond donors (Lipinski definition) is 0. The third kappa shape index (κ3) is 4.45. The number of ether oxygens (including phenoxy) is 1. The number of hydrogen-bond acceptors (Lipinski definition) is 4. The molecule has 33 heavy (non-hydrogen) atoms. The molecule has 4 nitrogen and oxygen atoms in total. The number of amides is 1. The van der Waals surface area contributed by atoms with Crippen molar-refractivity contribution in [3.63, 3.8) is 0 Å². The number of aromatic nitrogens is 1. The first kappa shape index (κ1) is 21.2. The second-order valence-corrected chi connectivity index (χ2v) is 8.82. The van der Waals surface area contributed by atoms with Crippen molar-refractivity contribution in [3.05, 3.63) is 102 Å². The van der Waals surface area contributed by atoms with Gasteiger partial charge in [-0.1, -0.05) is 90.2 Å². The number of carbonyl (C=O) groups excluding carboxylic acids is 1. The SMILES string of the molecule is CCOc1cccc2sc(N(Cc3ccccc3)C(=O)Cc3cccc4ccccc34)nc12. The fourth-order valence-electron chi connectivity index (χ4n) is 4.03. The van der Waals surface area contributed by atoms with Gasteiger partial charge in [0.05, 0.1) is 24.3 Å². The molecule has 0 saturated heterocycles. The van der Waals surface area contributed by atoms with E-state index in [1.54, 1.807) is 4.90 Å². The van der Waals surface area contributed by atoms with Crippen molar-refractivity contribution < 1.29 is 9.53 Å². The number of carbonyl (C=O) groups is 1.